The summed E-state index contributed by atoms with van der Waals surface area (Å²) in [6.45, 7) is 3.28. The number of carbonyl (C=O) groups is 1. The van der Waals surface area contributed by atoms with Crippen LogP contribution in [0.3, 0.4) is 0 Å². The molecule has 0 fully saturated rings. The SMILES string of the molecule is Cc1c(C)c2cc(Cl)c(OCC(=O)Nc3cccnc3)cc2oc1=O. The Bertz CT molecular complexity index is 999. The van der Waals surface area contributed by atoms with E-state index in [4.69, 9.17) is 20.8 Å². The van der Waals surface area contributed by atoms with E-state index >= 15 is 0 Å². The molecule has 0 saturated carbocycles. The Morgan fingerprint density at radius 1 is 1.32 bits per heavy atom. The lowest BCUT2D eigenvalue weighted by molar-refractivity contribution is -0.118. The van der Waals surface area contributed by atoms with Gasteiger partial charge in [-0.15, -0.1) is 0 Å². The second-order valence-corrected chi connectivity index (χ2v) is 5.90. The van der Waals surface area contributed by atoms with Gasteiger partial charge in [-0.2, -0.15) is 0 Å². The Morgan fingerprint density at radius 3 is 2.84 bits per heavy atom. The Hall–Kier alpha value is -2.86. The van der Waals surface area contributed by atoms with Gasteiger partial charge in [0, 0.05) is 23.2 Å². The van der Waals surface area contributed by atoms with Gasteiger partial charge in [-0.1, -0.05) is 11.6 Å². The maximum Gasteiger partial charge on any atom is 0.339 e. The van der Waals surface area contributed by atoms with Gasteiger partial charge in [0.25, 0.3) is 5.91 Å². The summed E-state index contributed by atoms with van der Waals surface area (Å²) in [4.78, 5) is 27.7. The van der Waals surface area contributed by atoms with Crippen molar-refractivity contribution in [3.05, 3.63) is 63.2 Å². The number of hydrogen-bond acceptors (Lipinski definition) is 5. The predicted molar refractivity (Wildman–Crippen MR) is 95.3 cm³/mol. The van der Waals surface area contributed by atoms with Crippen LogP contribution in [0.15, 0.2) is 45.9 Å². The van der Waals surface area contributed by atoms with Crippen LogP contribution < -0.4 is 15.7 Å². The number of fused-ring (bicyclic) bond motifs is 1. The van der Waals surface area contributed by atoms with Crippen LogP contribution in [-0.4, -0.2) is 17.5 Å². The third-order valence-electron chi connectivity index (χ3n) is 3.81. The van der Waals surface area contributed by atoms with E-state index in [1.54, 1.807) is 31.3 Å². The molecular formula is C18H15ClN2O4. The van der Waals surface area contributed by atoms with Crippen LogP contribution in [-0.2, 0) is 4.79 Å². The molecule has 2 aromatic heterocycles. The summed E-state index contributed by atoms with van der Waals surface area (Å²) in [5, 5.41) is 3.71. The number of rotatable bonds is 4. The Kier molecular flexibility index (Phi) is 4.72. The van der Waals surface area contributed by atoms with Gasteiger partial charge in [0.1, 0.15) is 11.3 Å². The molecule has 0 aliphatic heterocycles. The van der Waals surface area contributed by atoms with E-state index < -0.39 is 5.63 Å². The predicted octanol–water partition coefficient (Wildman–Crippen LogP) is 3.48. The number of anilines is 1. The highest BCUT2D eigenvalue weighted by atomic mass is 35.5. The maximum atomic E-state index is 11.9. The van der Waals surface area contributed by atoms with Crippen molar-refractivity contribution in [3.63, 3.8) is 0 Å². The summed E-state index contributed by atoms with van der Waals surface area (Å²) < 4.78 is 10.7. The number of halogens is 1. The van der Waals surface area contributed by atoms with Crippen molar-refractivity contribution in [1.29, 1.82) is 0 Å². The molecule has 1 amide bonds. The summed E-state index contributed by atoms with van der Waals surface area (Å²) in [6, 6.07) is 6.61. The number of pyridine rings is 1. The second kappa shape index (κ2) is 6.94. The summed E-state index contributed by atoms with van der Waals surface area (Å²) in [5.74, 6) is -0.0902. The van der Waals surface area contributed by atoms with Gasteiger partial charge in [0.15, 0.2) is 6.61 Å². The highest BCUT2D eigenvalue weighted by Gasteiger charge is 2.13. The minimum atomic E-state index is -0.410. The molecule has 0 aliphatic rings. The van der Waals surface area contributed by atoms with Crippen LogP contribution in [0.4, 0.5) is 5.69 Å². The van der Waals surface area contributed by atoms with E-state index in [9.17, 15) is 9.59 Å². The zero-order valence-corrected chi connectivity index (χ0v) is 14.4. The summed E-state index contributed by atoms with van der Waals surface area (Å²) in [7, 11) is 0. The third-order valence-corrected chi connectivity index (χ3v) is 4.11. The van der Waals surface area contributed by atoms with Gasteiger partial charge in [0.05, 0.1) is 16.9 Å². The van der Waals surface area contributed by atoms with E-state index in [0.717, 1.165) is 10.9 Å². The molecule has 1 aromatic carbocycles. The highest BCUT2D eigenvalue weighted by molar-refractivity contribution is 6.32. The zero-order valence-electron chi connectivity index (χ0n) is 13.6. The van der Waals surface area contributed by atoms with Crippen LogP contribution in [0, 0.1) is 13.8 Å². The topological polar surface area (TPSA) is 81.4 Å². The number of hydrogen-bond donors (Lipinski definition) is 1. The van der Waals surface area contributed by atoms with Gasteiger partial charge in [-0.3, -0.25) is 9.78 Å². The lowest BCUT2D eigenvalue weighted by Gasteiger charge is -2.11. The van der Waals surface area contributed by atoms with E-state index in [-0.39, 0.29) is 18.3 Å². The van der Waals surface area contributed by atoms with Crippen molar-refractivity contribution in [1.82, 2.24) is 4.98 Å². The molecule has 0 radical (unpaired) electrons. The fourth-order valence-corrected chi connectivity index (χ4v) is 2.55. The molecule has 0 atom stereocenters. The van der Waals surface area contributed by atoms with Gasteiger partial charge >= 0.3 is 5.63 Å². The zero-order chi connectivity index (χ0) is 18.0. The molecule has 0 aliphatic carbocycles. The molecule has 6 nitrogen and oxygen atoms in total. The summed E-state index contributed by atoms with van der Waals surface area (Å²) >= 11 is 6.22. The van der Waals surface area contributed by atoms with Gasteiger partial charge in [-0.25, -0.2) is 4.79 Å². The molecule has 0 spiro atoms. The first-order chi connectivity index (χ1) is 12.0. The quantitative estimate of drug-likeness (QED) is 0.722. The van der Waals surface area contributed by atoms with Crippen molar-refractivity contribution in [3.8, 4) is 5.75 Å². The summed E-state index contributed by atoms with van der Waals surface area (Å²) in [6.07, 6.45) is 3.14. The number of carbonyl (C=O) groups excluding carboxylic acids is 1. The molecule has 2 heterocycles. The van der Waals surface area contributed by atoms with Crippen molar-refractivity contribution in [2.75, 3.05) is 11.9 Å². The Balaban J connectivity index is 1.80. The molecule has 25 heavy (non-hydrogen) atoms. The van der Waals surface area contributed by atoms with Crippen molar-refractivity contribution in [2.24, 2.45) is 0 Å². The molecular weight excluding hydrogens is 344 g/mol. The number of benzene rings is 1. The fraction of sp³-hybridized carbons (Fsp3) is 0.167. The smallest absolute Gasteiger partial charge is 0.339 e. The molecule has 128 valence electrons. The largest absolute Gasteiger partial charge is 0.482 e. The minimum absolute atomic E-state index is 0.241. The van der Waals surface area contributed by atoms with E-state index in [1.165, 1.54) is 12.3 Å². The van der Waals surface area contributed by atoms with Crippen LogP contribution >= 0.6 is 11.6 Å². The van der Waals surface area contributed by atoms with Gasteiger partial charge in [-0.05, 0) is 37.6 Å². The number of nitrogens with zero attached hydrogens (tertiary/aromatic N) is 1. The average Bonchev–Trinajstić information content (AvgIpc) is 2.60. The fourth-order valence-electron chi connectivity index (χ4n) is 2.33. The van der Waals surface area contributed by atoms with E-state index in [0.29, 0.717) is 21.9 Å². The number of ether oxygens (including phenoxy) is 1. The number of amides is 1. The Labute approximate surface area is 148 Å². The number of nitrogens with one attached hydrogen (secondary N) is 1. The monoisotopic (exact) mass is 358 g/mol. The van der Waals surface area contributed by atoms with Crippen LogP contribution in [0.1, 0.15) is 11.1 Å². The van der Waals surface area contributed by atoms with Crippen molar-refractivity contribution < 1.29 is 13.9 Å². The minimum Gasteiger partial charge on any atom is -0.482 e. The van der Waals surface area contributed by atoms with Crippen molar-refractivity contribution >= 4 is 34.2 Å². The standard InChI is InChI=1S/C18H15ClN2O4/c1-10-11(2)18(23)25-15-7-16(14(19)6-13(10)15)24-9-17(22)21-12-4-3-5-20-8-12/h3-8H,9H2,1-2H3,(H,21,22). The molecule has 7 heteroatoms. The number of aromatic nitrogens is 1. The lowest BCUT2D eigenvalue weighted by atomic mass is 10.1. The molecule has 3 aromatic rings. The number of aryl methyl sites for hydroxylation is 1. The van der Waals surface area contributed by atoms with Crippen LogP contribution in [0.2, 0.25) is 5.02 Å². The lowest BCUT2D eigenvalue weighted by Crippen LogP contribution is -2.20. The molecule has 0 saturated heterocycles. The molecule has 0 unspecified atom stereocenters. The van der Waals surface area contributed by atoms with Crippen LogP contribution in [0.5, 0.6) is 5.75 Å². The first-order valence-corrected chi connectivity index (χ1v) is 7.89. The van der Waals surface area contributed by atoms with E-state index in [2.05, 4.69) is 10.3 Å². The highest BCUT2D eigenvalue weighted by Crippen LogP contribution is 2.31. The third kappa shape index (κ3) is 3.64. The summed E-state index contributed by atoms with van der Waals surface area (Å²) in [5.41, 5.74) is 1.85. The van der Waals surface area contributed by atoms with E-state index in [1.807, 2.05) is 6.92 Å². The Morgan fingerprint density at radius 2 is 2.12 bits per heavy atom. The van der Waals surface area contributed by atoms with Gasteiger partial charge in [0.2, 0.25) is 0 Å². The first kappa shape index (κ1) is 17.0. The molecule has 3 rings (SSSR count). The molecule has 1 N–H and O–H groups in total. The maximum absolute atomic E-state index is 11.9. The van der Waals surface area contributed by atoms with Gasteiger partial charge < -0.3 is 14.5 Å². The normalized spacial score (nSPS) is 10.7. The second-order valence-electron chi connectivity index (χ2n) is 5.50. The average molecular weight is 359 g/mol. The van der Waals surface area contributed by atoms with Crippen molar-refractivity contribution in [2.45, 2.75) is 13.8 Å². The van der Waals surface area contributed by atoms with Crippen LogP contribution in [0.25, 0.3) is 11.0 Å². The molecule has 0 bridgehead atoms. The first-order valence-electron chi connectivity index (χ1n) is 7.52.